The minimum absolute atomic E-state index is 0.134. The molecule has 13 heteroatoms. The van der Waals surface area contributed by atoms with E-state index in [9.17, 15) is 37.9 Å². The number of aliphatic hydroxyl groups excluding tert-OH is 3. The maximum atomic E-state index is 12.7. The van der Waals surface area contributed by atoms with Crippen molar-refractivity contribution in [3.8, 4) is 0 Å². The van der Waals surface area contributed by atoms with E-state index in [1.54, 1.807) is 12.2 Å². The van der Waals surface area contributed by atoms with Crippen LogP contribution in [0.2, 0.25) is 0 Å². The second-order valence-electron chi connectivity index (χ2n) is 14.4. The number of hydrogen-bond acceptors (Lipinski definition) is 11. The number of hydrogen-bond donors (Lipinski definition) is 4. The number of aliphatic hydroxyl groups is 3. The molecule has 0 radical (unpaired) electrons. The molecular weight excluding hydrogens is 717 g/mol. The molecule has 0 aromatic carbocycles. The molecule has 0 saturated carbocycles. The van der Waals surface area contributed by atoms with E-state index >= 15 is 0 Å². The van der Waals surface area contributed by atoms with E-state index in [0.29, 0.717) is 6.42 Å². The number of allylic oxidation sites excluding steroid dienone is 5. The average molecular weight is 789 g/mol. The number of esters is 2. The summed E-state index contributed by atoms with van der Waals surface area (Å²) in [5.41, 5.74) is 0. The maximum absolute atomic E-state index is 12.7. The van der Waals surface area contributed by atoms with E-state index < -0.39 is 71.2 Å². The Labute approximate surface area is 325 Å². The lowest BCUT2D eigenvalue weighted by Gasteiger charge is -2.40. The van der Waals surface area contributed by atoms with Crippen molar-refractivity contribution in [3.63, 3.8) is 0 Å². The van der Waals surface area contributed by atoms with Crippen molar-refractivity contribution in [3.05, 3.63) is 36.5 Å². The fraction of sp³-hybridized carbons (Fsp3) is 0.805. The molecule has 12 nitrogen and oxygen atoms in total. The van der Waals surface area contributed by atoms with Crippen LogP contribution in [0, 0.1) is 0 Å². The number of carbonyl (C=O) groups excluding carboxylic acids is 2. The Morgan fingerprint density at radius 2 is 1.20 bits per heavy atom. The van der Waals surface area contributed by atoms with Gasteiger partial charge in [-0.3, -0.25) is 9.35 Å². The molecule has 0 aromatic heterocycles. The average Bonchev–Trinajstić information content (AvgIpc) is 3.13. The van der Waals surface area contributed by atoms with Gasteiger partial charge in [-0.15, -0.1) is 0 Å². The molecule has 1 heterocycles. The Morgan fingerprint density at radius 1 is 0.667 bits per heavy atom. The second-order valence-corrected chi connectivity index (χ2v) is 15.9. The first-order chi connectivity index (χ1) is 26.0. The molecular formula is C41H72O12S. The SMILES string of the molecule is CCCC/C=C/CCCCCCCC(=O)O[C@H](COC(=O)/C=C/C=C/CCCCCCCCCCCCC)CO[C@H]1O[C@H](CS(=O)(=O)O)[C@@H](O)C(O)C1O. The third-order valence-corrected chi connectivity index (χ3v) is 10.0. The molecule has 0 aromatic rings. The second kappa shape index (κ2) is 32.0. The Bertz CT molecular complexity index is 1150. The van der Waals surface area contributed by atoms with E-state index in [-0.39, 0.29) is 13.0 Å². The number of rotatable bonds is 33. The van der Waals surface area contributed by atoms with Gasteiger partial charge in [-0.2, -0.15) is 8.42 Å². The number of carbonyl (C=O) groups is 2. The van der Waals surface area contributed by atoms with Crippen molar-refractivity contribution < 1.29 is 56.8 Å². The lowest BCUT2D eigenvalue weighted by atomic mass is 10.00. The van der Waals surface area contributed by atoms with Gasteiger partial charge in [0.05, 0.1) is 6.61 Å². The topological polar surface area (TPSA) is 186 Å². The van der Waals surface area contributed by atoms with Gasteiger partial charge in [-0.1, -0.05) is 141 Å². The Kier molecular flexibility index (Phi) is 29.6. The zero-order chi connectivity index (χ0) is 39.9. The van der Waals surface area contributed by atoms with Crippen LogP contribution < -0.4 is 0 Å². The lowest BCUT2D eigenvalue weighted by molar-refractivity contribution is -0.297. The Hall–Kier alpha value is -2.13. The summed E-state index contributed by atoms with van der Waals surface area (Å²) in [6.45, 7) is 3.58. The van der Waals surface area contributed by atoms with Gasteiger partial charge < -0.3 is 34.3 Å². The van der Waals surface area contributed by atoms with E-state index in [1.807, 2.05) is 6.08 Å². The van der Waals surface area contributed by atoms with Crippen LogP contribution in [0.4, 0.5) is 0 Å². The van der Waals surface area contributed by atoms with E-state index in [2.05, 4.69) is 26.0 Å². The van der Waals surface area contributed by atoms with Gasteiger partial charge in [0.15, 0.2) is 12.4 Å². The van der Waals surface area contributed by atoms with Gasteiger partial charge in [-0.05, 0) is 38.5 Å². The zero-order valence-electron chi connectivity index (χ0n) is 33.1. The summed E-state index contributed by atoms with van der Waals surface area (Å²) in [4.78, 5) is 25.1. The Balaban J connectivity index is 2.55. The quantitative estimate of drug-likeness (QED) is 0.0129. The smallest absolute Gasteiger partial charge is 0.330 e. The van der Waals surface area contributed by atoms with Crippen LogP contribution in [0.15, 0.2) is 36.5 Å². The largest absolute Gasteiger partial charge is 0.458 e. The van der Waals surface area contributed by atoms with Crippen molar-refractivity contribution in [1.29, 1.82) is 0 Å². The third-order valence-electron chi connectivity index (χ3n) is 9.30. The highest BCUT2D eigenvalue weighted by molar-refractivity contribution is 7.85. The molecule has 1 aliphatic rings. The first-order valence-corrected chi connectivity index (χ1v) is 22.2. The molecule has 1 saturated heterocycles. The molecule has 0 aliphatic carbocycles. The van der Waals surface area contributed by atoms with Gasteiger partial charge in [0, 0.05) is 12.5 Å². The van der Waals surface area contributed by atoms with Crippen LogP contribution in [0.1, 0.15) is 155 Å². The molecule has 54 heavy (non-hydrogen) atoms. The lowest BCUT2D eigenvalue weighted by Crippen LogP contribution is -2.60. The number of unbranched alkanes of at least 4 members (excludes halogenated alkanes) is 18. The molecule has 1 rings (SSSR count). The summed E-state index contributed by atoms with van der Waals surface area (Å²) < 4.78 is 53.7. The van der Waals surface area contributed by atoms with Crippen LogP contribution in [0.3, 0.4) is 0 Å². The minimum atomic E-state index is -4.61. The summed E-state index contributed by atoms with van der Waals surface area (Å²) in [6.07, 6.45) is 25.5. The predicted octanol–water partition coefficient (Wildman–Crippen LogP) is 7.44. The summed E-state index contributed by atoms with van der Waals surface area (Å²) in [7, 11) is -4.61. The fourth-order valence-electron chi connectivity index (χ4n) is 6.04. The van der Waals surface area contributed by atoms with Gasteiger partial charge in [0.2, 0.25) is 0 Å². The highest BCUT2D eigenvalue weighted by Gasteiger charge is 2.46. The molecule has 1 aliphatic heterocycles. The molecule has 4 N–H and O–H groups in total. The minimum Gasteiger partial charge on any atom is -0.458 e. The van der Waals surface area contributed by atoms with Gasteiger partial charge in [0.25, 0.3) is 10.1 Å². The van der Waals surface area contributed by atoms with Crippen LogP contribution in [0.25, 0.3) is 0 Å². The zero-order valence-corrected chi connectivity index (χ0v) is 33.9. The molecule has 1 fully saturated rings. The van der Waals surface area contributed by atoms with E-state index in [0.717, 1.165) is 51.4 Å². The van der Waals surface area contributed by atoms with Gasteiger partial charge >= 0.3 is 11.9 Å². The van der Waals surface area contributed by atoms with E-state index in [1.165, 1.54) is 83.1 Å². The van der Waals surface area contributed by atoms with Crippen molar-refractivity contribution >= 4 is 22.1 Å². The highest BCUT2D eigenvalue weighted by Crippen LogP contribution is 2.24. The van der Waals surface area contributed by atoms with Crippen molar-refractivity contribution in [2.24, 2.45) is 0 Å². The standard InChI is InChI=1S/C41H72O12S/c1-3-5-7-9-11-13-15-16-17-18-20-21-23-25-27-29-36(42)50-31-34(52-37(43)30-28-26-24-22-19-14-12-10-8-6-4-2)32-51-41-40(46)39(45)38(44)35(53-41)33-54(47,48)49/h10,12,23,25,27,29,34-35,38-41,44-46H,3-9,11,13-22,24,26,28,30-33H2,1-2H3,(H,47,48,49)/b12-10+,25-23+,29-27+/t34-,35-,38-,39?,40?,41+/m1/s1. The first kappa shape index (κ1) is 49.9. The third kappa shape index (κ3) is 26.6. The molecule has 6 atom stereocenters. The summed E-state index contributed by atoms with van der Waals surface area (Å²) in [5.74, 6) is -2.26. The molecule has 0 bridgehead atoms. The first-order valence-electron chi connectivity index (χ1n) is 20.6. The summed E-state index contributed by atoms with van der Waals surface area (Å²) in [5, 5.41) is 30.7. The highest BCUT2D eigenvalue weighted by atomic mass is 32.2. The molecule has 314 valence electrons. The summed E-state index contributed by atoms with van der Waals surface area (Å²) in [6, 6.07) is 0. The molecule has 2 unspecified atom stereocenters. The number of ether oxygens (including phenoxy) is 4. The van der Waals surface area contributed by atoms with E-state index in [4.69, 9.17) is 18.9 Å². The van der Waals surface area contributed by atoms with Crippen LogP contribution in [-0.4, -0.2) is 96.0 Å². The summed E-state index contributed by atoms with van der Waals surface area (Å²) >= 11 is 0. The van der Waals surface area contributed by atoms with Crippen molar-refractivity contribution in [2.75, 3.05) is 19.0 Å². The monoisotopic (exact) mass is 788 g/mol. The van der Waals surface area contributed by atoms with Gasteiger partial charge in [0.1, 0.15) is 36.8 Å². The normalized spacial score (nSPS) is 21.3. The van der Waals surface area contributed by atoms with Gasteiger partial charge in [-0.25, -0.2) is 4.79 Å². The molecule has 0 spiro atoms. The van der Waals surface area contributed by atoms with Crippen molar-refractivity contribution in [1.82, 2.24) is 0 Å². The van der Waals surface area contributed by atoms with Crippen LogP contribution in [-0.2, 0) is 38.7 Å². The Morgan fingerprint density at radius 3 is 1.80 bits per heavy atom. The predicted molar refractivity (Wildman–Crippen MR) is 210 cm³/mol. The fourth-order valence-corrected chi connectivity index (χ4v) is 6.73. The van der Waals surface area contributed by atoms with Crippen molar-refractivity contribution in [2.45, 2.75) is 192 Å². The van der Waals surface area contributed by atoms with Crippen LogP contribution >= 0.6 is 0 Å². The van der Waals surface area contributed by atoms with Crippen LogP contribution in [0.5, 0.6) is 0 Å². The molecule has 0 amide bonds. The maximum Gasteiger partial charge on any atom is 0.330 e.